The molecule has 2 fully saturated rings. The Morgan fingerprint density at radius 2 is 1.94 bits per heavy atom. The molecule has 1 saturated heterocycles. The normalized spacial score (nSPS) is 16.4. The maximum absolute atomic E-state index is 12.1. The number of anilines is 1. The largest absolute Gasteiger partial charge is 0.492 e. The Hall–Kier alpha value is -3.83. The SMILES string of the molecule is Cc1cc(Oc2ccnc3cc(OCC4CCN(C)CC4)c(C#N)cc23)ccc1NC(=O)NC1CC1. The molecule has 0 spiro atoms. The number of hydrogen-bond acceptors (Lipinski definition) is 6. The maximum atomic E-state index is 12.1. The van der Waals surface area contributed by atoms with E-state index in [0.29, 0.717) is 46.9 Å². The van der Waals surface area contributed by atoms with Gasteiger partial charge in [0.15, 0.2) is 0 Å². The van der Waals surface area contributed by atoms with Gasteiger partial charge < -0.3 is 25.0 Å². The second-order valence-electron chi connectivity index (χ2n) is 9.80. The average Bonchev–Trinajstić information content (AvgIpc) is 3.69. The molecule has 36 heavy (non-hydrogen) atoms. The summed E-state index contributed by atoms with van der Waals surface area (Å²) in [7, 11) is 2.14. The molecule has 1 aliphatic carbocycles. The van der Waals surface area contributed by atoms with Gasteiger partial charge in [0.25, 0.3) is 0 Å². The Morgan fingerprint density at radius 1 is 1.14 bits per heavy atom. The lowest BCUT2D eigenvalue weighted by Crippen LogP contribution is -2.32. The summed E-state index contributed by atoms with van der Waals surface area (Å²) in [6.45, 7) is 4.67. The fraction of sp³-hybridized carbons (Fsp3) is 0.393. The number of likely N-dealkylation sites (tertiary alicyclic amines) is 1. The Balaban J connectivity index is 1.31. The molecule has 0 radical (unpaired) electrons. The molecule has 2 N–H and O–H groups in total. The predicted octanol–water partition coefficient (Wildman–Crippen LogP) is 5.21. The number of nitrogens with one attached hydrogen (secondary N) is 2. The highest BCUT2D eigenvalue weighted by Crippen LogP contribution is 2.34. The highest BCUT2D eigenvalue weighted by molar-refractivity contribution is 5.91. The van der Waals surface area contributed by atoms with Crippen molar-refractivity contribution in [2.75, 3.05) is 32.1 Å². The van der Waals surface area contributed by atoms with E-state index in [0.717, 1.165) is 55.4 Å². The maximum Gasteiger partial charge on any atom is 0.319 e. The summed E-state index contributed by atoms with van der Waals surface area (Å²) in [5.41, 5.74) is 2.79. The van der Waals surface area contributed by atoms with Crippen molar-refractivity contribution in [1.82, 2.24) is 15.2 Å². The van der Waals surface area contributed by atoms with Crippen molar-refractivity contribution >= 4 is 22.6 Å². The number of nitriles is 1. The van der Waals surface area contributed by atoms with E-state index in [-0.39, 0.29) is 6.03 Å². The van der Waals surface area contributed by atoms with Gasteiger partial charge in [-0.15, -0.1) is 0 Å². The number of nitrogens with zero attached hydrogens (tertiary/aromatic N) is 3. The molecule has 0 atom stereocenters. The van der Waals surface area contributed by atoms with Gasteiger partial charge in [-0.1, -0.05) is 0 Å². The Labute approximate surface area is 211 Å². The summed E-state index contributed by atoms with van der Waals surface area (Å²) in [6, 6.07) is 13.3. The van der Waals surface area contributed by atoms with Crippen molar-refractivity contribution in [2.24, 2.45) is 5.92 Å². The Morgan fingerprint density at radius 3 is 2.67 bits per heavy atom. The summed E-state index contributed by atoms with van der Waals surface area (Å²) >= 11 is 0. The molecule has 2 aliphatic rings. The van der Waals surface area contributed by atoms with Crippen LogP contribution < -0.4 is 20.1 Å². The van der Waals surface area contributed by atoms with Gasteiger partial charge in [-0.2, -0.15) is 5.26 Å². The zero-order valence-electron chi connectivity index (χ0n) is 20.7. The number of piperidine rings is 1. The summed E-state index contributed by atoms with van der Waals surface area (Å²) in [6.07, 6.45) is 5.97. The average molecular weight is 486 g/mol. The van der Waals surface area contributed by atoms with Crippen LogP contribution in [0, 0.1) is 24.2 Å². The standard InChI is InChI=1S/C28H31N5O3/c1-18-13-22(5-6-24(18)32-28(34)31-21-3-4-21)36-26-7-10-30-25-15-27(20(16-29)14-23(25)26)35-17-19-8-11-33(2)12-9-19/h5-7,10,13-15,19,21H,3-4,8-9,11-12,17H2,1-2H3,(H2,31,32,34). The van der Waals surface area contributed by atoms with Crippen LogP contribution in [-0.2, 0) is 0 Å². The van der Waals surface area contributed by atoms with Gasteiger partial charge in [0.05, 0.1) is 17.7 Å². The van der Waals surface area contributed by atoms with E-state index in [1.165, 1.54) is 0 Å². The van der Waals surface area contributed by atoms with Crippen molar-refractivity contribution in [3.8, 4) is 23.3 Å². The molecule has 2 amide bonds. The highest BCUT2D eigenvalue weighted by atomic mass is 16.5. The van der Waals surface area contributed by atoms with Gasteiger partial charge >= 0.3 is 6.03 Å². The van der Waals surface area contributed by atoms with Crippen LogP contribution in [0.5, 0.6) is 17.2 Å². The number of rotatable bonds is 7. The van der Waals surface area contributed by atoms with Crippen molar-refractivity contribution in [3.63, 3.8) is 0 Å². The zero-order valence-corrected chi connectivity index (χ0v) is 20.7. The van der Waals surface area contributed by atoms with Gasteiger partial charge in [0.1, 0.15) is 23.3 Å². The number of hydrogen-bond donors (Lipinski definition) is 2. The first kappa shape index (κ1) is 23.9. The molecule has 1 aliphatic heterocycles. The van der Waals surface area contributed by atoms with Gasteiger partial charge in [-0.05, 0) is 94.6 Å². The number of urea groups is 1. The minimum atomic E-state index is -0.188. The zero-order chi connectivity index (χ0) is 25.1. The third-order valence-electron chi connectivity index (χ3n) is 6.82. The molecule has 1 saturated carbocycles. The summed E-state index contributed by atoms with van der Waals surface area (Å²) in [5, 5.41) is 16.3. The lowest BCUT2D eigenvalue weighted by molar-refractivity contribution is 0.160. The smallest absolute Gasteiger partial charge is 0.319 e. The van der Waals surface area contributed by atoms with Crippen LogP contribution in [0.15, 0.2) is 42.6 Å². The molecule has 8 nitrogen and oxygen atoms in total. The van der Waals surface area contributed by atoms with E-state index in [1.54, 1.807) is 18.3 Å². The van der Waals surface area contributed by atoms with Crippen molar-refractivity contribution in [3.05, 3.63) is 53.7 Å². The van der Waals surface area contributed by atoms with Crippen LogP contribution in [0.1, 0.15) is 36.8 Å². The van der Waals surface area contributed by atoms with Gasteiger partial charge in [0.2, 0.25) is 0 Å². The van der Waals surface area contributed by atoms with Crippen molar-refractivity contribution < 1.29 is 14.3 Å². The number of aryl methyl sites for hydroxylation is 1. The molecular formula is C28H31N5O3. The van der Waals surface area contributed by atoms with Gasteiger partial charge in [0, 0.05) is 29.4 Å². The topological polar surface area (TPSA) is 99.5 Å². The third kappa shape index (κ3) is 5.69. The molecule has 1 aromatic heterocycles. The minimum Gasteiger partial charge on any atom is -0.492 e. The summed E-state index contributed by atoms with van der Waals surface area (Å²) in [5.74, 6) is 2.29. The lowest BCUT2D eigenvalue weighted by Gasteiger charge is -2.28. The van der Waals surface area contributed by atoms with E-state index in [9.17, 15) is 10.1 Å². The summed E-state index contributed by atoms with van der Waals surface area (Å²) in [4.78, 5) is 18.9. The summed E-state index contributed by atoms with van der Waals surface area (Å²) < 4.78 is 12.3. The van der Waals surface area contributed by atoms with Crippen LogP contribution >= 0.6 is 0 Å². The number of carbonyl (C=O) groups is 1. The Bertz CT molecular complexity index is 1310. The van der Waals surface area contributed by atoms with Crippen molar-refractivity contribution in [2.45, 2.75) is 38.6 Å². The molecular weight excluding hydrogens is 454 g/mol. The van der Waals surface area contributed by atoms with Crippen LogP contribution in [-0.4, -0.2) is 48.7 Å². The first-order valence-electron chi connectivity index (χ1n) is 12.5. The van der Waals surface area contributed by atoms with E-state index < -0.39 is 0 Å². The van der Waals surface area contributed by atoms with Crippen LogP contribution in [0.25, 0.3) is 10.9 Å². The second-order valence-corrected chi connectivity index (χ2v) is 9.80. The van der Waals surface area contributed by atoms with Crippen LogP contribution in [0.3, 0.4) is 0 Å². The van der Waals surface area contributed by atoms with Gasteiger partial charge in [-0.3, -0.25) is 4.98 Å². The van der Waals surface area contributed by atoms with Crippen LogP contribution in [0.2, 0.25) is 0 Å². The number of amides is 2. The fourth-order valence-corrected chi connectivity index (χ4v) is 4.42. The van der Waals surface area contributed by atoms with Gasteiger partial charge in [-0.25, -0.2) is 4.79 Å². The molecule has 2 aromatic carbocycles. The lowest BCUT2D eigenvalue weighted by atomic mass is 9.98. The first-order chi connectivity index (χ1) is 17.5. The monoisotopic (exact) mass is 485 g/mol. The molecule has 0 unspecified atom stereocenters. The molecule has 3 aromatic rings. The number of aromatic nitrogens is 1. The molecule has 8 heteroatoms. The van der Waals surface area contributed by atoms with E-state index in [2.05, 4.69) is 33.6 Å². The molecule has 0 bridgehead atoms. The fourth-order valence-electron chi connectivity index (χ4n) is 4.42. The quantitative estimate of drug-likeness (QED) is 0.477. The number of fused-ring (bicyclic) bond motifs is 1. The molecule has 2 heterocycles. The van der Waals surface area contributed by atoms with E-state index in [1.807, 2.05) is 31.2 Å². The highest BCUT2D eigenvalue weighted by Gasteiger charge is 2.23. The van der Waals surface area contributed by atoms with Crippen molar-refractivity contribution in [1.29, 1.82) is 5.26 Å². The Kier molecular flexibility index (Phi) is 6.92. The molecule has 5 rings (SSSR count). The van der Waals surface area contributed by atoms with E-state index >= 15 is 0 Å². The third-order valence-corrected chi connectivity index (χ3v) is 6.82. The van der Waals surface area contributed by atoms with E-state index in [4.69, 9.17) is 9.47 Å². The molecule has 186 valence electrons. The number of ether oxygens (including phenoxy) is 2. The number of benzene rings is 2. The number of pyridine rings is 1. The number of carbonyl (C=O) groups excluding carboxylic acids is 1. The van der Waals surface area contributed by atoms with Crippen LogP contribution in [0.4, 0.5) is 10.5 Å². The minimum absolute atomic E-state index is 0.188. The second kappa shape index (κ2) is 10.4. The predicted molar refractivity (Wildman–Crippen MR) is 139 cm³/mol. The first-order valence-corrected chi connectivity index (χ1v) is 12.5.